The van der Waals surface area contributed by atoms with Crippen LogP contribution in [0.2, 0.25) is 0 Å². The number of carbonyl (C=O) groups is 1. The summed E-state index contributed by atoms with van der Waals surface area (Å²) in [6, 6.07) is 11.1. The number of hydrogen-bond acceptors (Lipinski definition) is 5. The maximum Gasteiger partial charge on any atom is 0.270 e. The Bertz CT molecular complexity index is 791. The summed E-state index contributed by atoms with van der Waals surface area (Å²) in [6.45, 7) is 1.86. The van der Waals surface area contributed by atoms with E-state index in [1.165, 1.54) is 30.2 Å². The van der Waals surface area contributed by atoms with Crippen LogP contribution < -0.4 is 9.47 Å². The first-order valence-electron chi connectivity index (χ1n) is 7.63. The van der Waals surface area contributed by atoms with Crippen molar-refractivity contribution in [3.63, 3.8) is 0 Å². The lowest BCUT2D eigenvalue weighted by molar-refractivity contribution is -0.384. The Morgan fingerprint density at radius 3 is 2.36 bits per heavy atom. The van der Waals surface area contributed by atoms with Crippen molar-refractivity contribution in [1.82, 2.24) is 4.90 Å². The van der Waals surface area contributed by atoms with Gasteiger partial charge >= 0.3 is 0 Å². The molecule has 0 spiro atoms. The quantitative estimate of drug-likeness (QED) is 0.592. The molecule has 0 bridgehead atoms. The molecule has 0 saturated heterocycles. The minimum Gasteiger partial charge on any atom is -0.496 e. The molecule has 0 radical (unpaired) electrons. The maximum absolute atomic E-state index is 12.9. The van der Waals surface area contributed by atoms with E-state index in [1.54, 1.807) is 14.2 Å². The van der Waals surface area contributed by atoms with Gasteiger partial charge in [0.05, 0.1) is 30.7 Å². The minimum atomic E-state index is -0.542. The topological polar surface area (TPSA) is 81.9 Å². The molecule has 0 saturated carbocycles. The Balaban J connectivity index is 2.39. The molecule has 0 N–H and O–H groups in total. The Labute approximate surface area is 145 Å². The molecule has 7 heteroatoms. The van der Waals surface area contributed by atoms with Crippen LogP contribution in [0, 0.1) is 10.1 Å². The van der Waals surface area contributed by atoms with E-state index in [0.29, 0.717) is 5.75 Å². The van der Waals surface area contributed by atoms with E-state index in [0.717, 1.165) is 5.56 Å². The van der Waals surface area contributed by atoms with Crippen LogP contribution in [0.15, 0.2) is 42.5 Å². The molecule has 25 heavy (non-hydrogen) atoms. The number of non-ortho nitro benzene ring substituents is 1. The van der Waals surface area contributed by atoms with Crippen LogP contribution in [0.1, 0.15) is 28.9 Å². The Morgan fingerprint density at radius 1 is 1.12 bits per heavy atom. The monoisotopic (exact) mass is 344 g/mol. The Kier molecular flexibility index (Phi) is 5.59. The normalized spacial score (nSPS) is 11.5. The summed E-state index contributed by atoms with van der Waals surface area (Å²) in [5.41, 5.74) is 0.814. The van der Waals surface area contributed by atoms with Gasteiger partial charge in [0, 0.05) is 24.7 Å². The second-order valence-corrected chi connectivity index (χ2v) is 5.48. The van der Waals surface area contributed by atoms with E-state index in [1.807, 2.05) is 31.2 Å². The van der Waals surface area contributed by atoms with E-state index in [2.05, 4.69) is 0 Å². The summed E-state index contributed by atoms with van der Waals surface area (Å²) in [4.78, 5) is 24.9. The second kappa shape index (κ2) is 7.65. The van der Waals surface area contributed by atoms with E-state index >= 15 is 0 Å². The standard InChI is InChI=1S/C18H20N2O5/c1-12(14-7-5-6-8-16(14)24-3)19(2)18(21)15-11-13(20(22)23)9-10-17(15)25-4/h5-12H,1-4H3. The lowest BCUT2D eigenvalue weighted by atomic mass is 10.0. The van der Waals surface area contributed by atoms with E-state index in [4.69, 9.17) is 9.47 Å². The number of carbonyl (C=O) groups excluding carboxylic acids is 1. The molecule has 1 amide bonds. The molecule has 0 heterocycles. The highest BCUT2D eigenvalue weighted by Gasteiger charge is 2.25. The smallest absolute Gasteiger partial charge is 0.270 e. The second-order valence-electron chi connectivity index (χ2n) is 5.48. The molecular formula is C18H20N2O5. The van der Waals surface area contributed by atoms with Crippen LogP contribution in [0.5, 0.6) is 11.5 Å². The molecule has 1 atom stereocenters. The summed E-state index contributed by atoms with van der Waals surface area (Å²) in [7, 11) is 4.62. The van der Waals surface area contributed by atoms with E-state index in [9.17, 15) is 14.9 Å². The van der Waals surface area contributed by atoms with Crippen molar-refractivity contribution in [3.05, 3.63) is 63.7 Å². The number of hydrogen-bond donors (Lipinski definition) is 0. The predicted octanol–water partition coefficient (Wildman–Crippen LogP) is 3.45. The van der Waals surface area contributed by atoms with E-state index < -0.39 is 4.92 Å². The van der Waals surface area contributed by atoms with Gasteiger partial charge < -0.3 is 14.4 Å². The average Bonchev–Trinajstić information content (AvgIpc) is 2.65. The molecule has 0 aliphatic carbocycles. The third kappa shape index (κ3) is 3.71. The summed E-state index contributed by atoms with van der Waals surface area (Å²) in [5, 5.41) is 11.0. The fourth-order valence-electron chi connectivity index (χ4n) is 2.56. The van der Waals surface area contributed by atoms with Crippen LogP contribution in [0.3, 0.4) is 0 Å². The van der Waals surface area contributed by atoms with Gasteiger partial charge in [0.15, 0.2) is 0 Å². The maximum atomic E-state index is 12.9. The largest absolute Gasteiger partial charge is 0.496 e. The Morgan fingerprint density at radius 2 is 1.76 bits per heavy atom. The zero-order chi connectivity index (χ0) is 18.6. The number of para-hydroxylation sites is 1. The van der Waals surface area contributed by atoms with Crippen molar-refractivity contribution >= 4 is 11.6 Å². The lowest BCUT2D eigenvalue weighted by Gasteiger charge is -2.27. The molecule has 7 nitrogen and oxygen atoms in total. The molecule has 0 aliphatic rings. The van der Waals surface area contributed by atoms with Gasteiger partial charge in [0.25, 0.3) is 11.6 Å². The van der Waals surface area contributed by atoms with Crippen LogP contribution in [0.4, 0.5) is 5.69 Å². The minimum absolute atomic E-state index is 0.140. The van der Waals surface area contributed by atoms with Crippen molar-refractivity contribution in [3.8, 4) is 11.5 Å². The third-order valence-corrected chi connectivity index (χ3v) is 4.11. The molecule has 0 aromatic heterocycles. The lowest BCUT2D eigenvalue weighted by Crippen LogP contribution is -2.30. The zero-order valence-electron chi connectivity index (χ0n) is 14.6. The molecule has 0 fully saturated rings. The molecule has 2 rings (SSSR count). The van der Waals surface area contributed by atoms with Crippen LogP contribution in [-0.2, 0) is 0 Å². The molecule has 2 aromatic rings. The first-order chi connectivity index (χ1) is 11.9. The van der Waals surface area contributed by atoms with Crippen molar-refractivity contribution < 1.29 is 19.2 Å². The van der Waals surface area contributed by atoms with Gasteiger partial charge in [-0.25, -0.2) is 0 Å². The fraction of sp³-hybridized carbons (Fsp3) is 0.278. The van der Waals surface area contributed by atoms with Crippen molar-refractivity contribution in [2.75, 3.05) is 21.3 Å². The van der Waals surface area contributed by atoms with Gasteiger partial charge in [0.1, 0.15) is 11.5 Å². The molecule has 132 valence electrons. The number of nitrogens with zero attached hydrogens (tertiary/aromatic N) is 2. The van der Waals surface area contributed by atoms with Gasteiger partial charge in [-0.15, -0.1) is 0 Å². The Hall–Kier alpha value is -3.09. The fourth-order valence-corrected chi connectivity index (χ4v) is 2.56. The third-order valence-electron chi connectivity index (χ3n) is 4.11. The summed E-state index contributed by atoms with van der Waals surface area (Å²) >= 11 is 0. The number of nitro benzene ring substituents is 1. The van der Waals surface area contributed by atoms with Crippen LogP contribution in [0.25, 0.3) is 0 Å². The summed E-state index contributed by atoms with van der Waals surface area (Å²) in [5.74, 6) is 0.578. The highest BCUT2D eigenvalue weighted by molar-refractivity contribution is 5.97. The van der Waals surface area contributed by atoms with Crippen LogP contribution >= 0.6 is 0 Å². The molecule has 0 aliphatic heterocycles. The molecular weight excluding hydrogens is 324 g/mol. The van der Waals surface area contributed by atoms with Crippen molar-refractivity contribution in [1.29, 1.82) is 0 Å². The average molecular weight is 344 g/mol. The summed E-state index contributed by atoms with van der Waals surface area (Å²) in [6.07, 6.45) is 0. The first-order valence-corrected chi connectivity index (χ1v) is 7.63. The van der Waals surface area contributed by atoms with Gasteiger partial charge in [-0.2, -0.15) is 0 Å². The predicted molar refractivity (Wildman–Crippen MR) is 93.2 cm³/mol. The van der Waals surface area contributed by atoms with Crippen molar-refractivity contribution in [2.45, 2.75) is 13.0 Å². The van der Waals surface area contributed by atoms with Gasteiger partial charge in [-0.1, -0.05) is 18.2 Å². The number of nitro groups is 1. The number of amides is 1. The number of benzene rings is 2. The number of ether oxygens (including phenoxy) is 2. The van der Waals surface area contributed by atoms with E-state index in [-0.39, 0.29) is 28.9 Å². The van der Waals surface area contributed by atoms with Gasteiger partial charge in [-0.05, 0) is 19.1 Å². The number of methoxy groups -OCH3 is 2. The highest BCUT2D eigenvalue weighted by Crippen LogP contribution is 2.31. The molecule has 1 unspecified atom stereocenters. The number of rotatable bonds is 6. The van der Waals surface area contributed by atoms with Gasteiger partial charge in [-0.3, -0.25) is 14.9 Å². The SMILES string of the molecule is COc1ccc([N+](=O)[O-])cc1C(=O)N(C)C(C)c1ccccc1OC. The zero-order valence-corrected chi connectivity index (χ0v) is 14.6. The molecule has 2 aromatic carbocycles. The summed E-state index contributed by atoms with van der Waals surface area (Å²) < 4.78 is 10.5. The first kappa shape index (κ1) is 18.3. The van der Waals surface area contributed by atoms with Gasteiger partial charge in [0.2, 0.25) is 0 Å². The van der Waals surface area contributed by atoms with Crippen molar-refractivity contribution in [2.24, 2.45) is 0 Å². The van der Waals surface area contributed by atoms with Crippen LogP contribution in [-0.4, -0.2) is 37.0 Å². The highest BCUT2D eigenvalue weighted by atomic mass is 16.6.